The fraction of sp³-hybridized carbons (Fsp3) is 0.350. The topological polar surface area (TPSA) is 59.8 Å². The van der Waals surface area contributed by atoms with Gasteiger partial charge in [0, 0.05) is 23.0 Å². The SMILES string of the molecule is Cc1cc(C)cc(NC(=O)CSc2nnc(Cc3cccs3)n2C2CC2)c1. The van der Waals surface area contributed by atoms with E-state index in [1.54, 1.807) is 11.3 Å². The van der Waals surface area contributed by atoms with Crippen molar-refractivity contribution in [3.8, 4) is 0 Å². The van der Waals surface area contributed by atoms with E-state index in [0.717, 1.165) is 47.1 Å². The molecular formula is C20H22N4OS2. The summed E-state index contributed by atoms with van der Waals surface area (Å²) in [7, 11) is 0. The van der Waals surface area contributed by atoms with Gasteiger partial charge in [-0.25, -0.2) is 0 Å². The van der Waals surface area contributed by atoms with E-state index in [-0.39, 0.29) is 5.91 Å². The van der Waals surface area contributed by atoms with E-state index >= 15 is 0 Å². The molecule has 2 heterocycles. The number of aromatic nitrogens is 3. The third-order valence-electron chi connectivity index (χ3n) is 4.40. The first-order chi connectivity index (χ1) is 13.1. The number of anilines is 1. The number of hydrogen-bond acceptors (Lipinski definition) is 5. The molecule has 5 nitrogen and oxygen atoms in total. The van der Waals surface area contributed by atoms with Gasteiger partial charge in [-0.1, -0.05) is 23.9 Å². The van der Waals surface area contributed by atoms with Gasteiger partial charge >= 0.3 is 0 Å². The van der Waals surface area contributed by atoms with Crippen LogP contribution in [-0.4, -0.2) is 26.4 Å². The molecule has 1 fully saturated rings. The predicted molar refractivity (Wildman–Crippen MR) is 111 cm³/mol. The van der Waals surface area contributed by atoms with Crippen LogP contribution in [0.5, 0.6) is 0 Å². The zero-order chi connectivity index (χ0) is 18.8. The first kappa shape index (κ1) is 18.3. The van der Waals surface area contributed by atoms with E-state index in [4.69, 9.17) is 0 Å². The lowest BCUT2D eigenvalue weighted by molar-refractivity contribution is -0.113. The Hall–Kier alpha value is -2.12. The predicted octanol–water partition coefficient (Wildman–Crippen LogP) is 4.61. The number of hydrogen-bond donors (Lipinski definition) is 1. The largest absolute Gasteiger partial charge is 0.325 e. The van der Waals surface area contributed by atoms with Gasteiger partial charge in [0.15, 0.2) is 5.16 Å². The van der Waals surface area contributed by atoms with Gasteiger partial charge < -0.3 is 9.88 Å². The molecule has 1 aliphatic carbocycles. The summed E-state index contributed by atoms with van der Waals surface area (Å²) < 4.78 is 2.23. The standard InChI is InChI=1S/C20H22N4OS2/c1-13-8-14(2)10-15(9-13)21-19(25)12-27-20-23-22-18(24(20)16-5-6-16)11-17-4-3-7-26-17/h3-4,7-10,16H,5-6,11-12H2,1-2H3,(H,21,25). The molecular weight excluding hydrogens is 376 g/mol. The molecule has 1 aromatic carbocycles. The molecule has 0 atom stereocenters. The molecule has 1 amide bonds. The van der Waals surface area contributed by atoms with Crippen LogP contribution < -0.4 is 5.32 Å². The number of thioether (sulfide) groups is 1. The summed E-state index contributed by atoms with van der Waals surface area (Å²) in [6, 6.07) is 10.7. The molecule has 3 aromatic rings. The lowest BCUT2D eigenvalue weighted by Gasteiger charge is -2.09. The summed E-state index contributed by atoms with van der Waals surface area (Å²) >= 11 is 3.20. The maximum absolute atomic E-state index is 12.4. The highest BCUT2D eigenvalue weighted by Crippen LogP contribution is 2.39. The van der Waals surface area contributed by atoms with E-state index in [9.17, 15) is 4.79 Å². The van der Waals surface area contributed by atoms with Gasteiger partial charge in [-0.05, 0) is 61.4 Å². The molecule has 140 valence electrons. The Labute approximate surface area is 167 Å². The molecule has 0 unspecified atom stereocenters. The van der Waals surface area contributed by atoms with Crippen molar-refractivity contribution in [2.45, 2.75) is 44.3 Å². The summed E-state index contributed by atoms with van der Waals surface area (Å²) in [6.45, 7) is 4.06. The summed E-state index contributed by atoms with van der Waals surface area (Å²) in [5, 5.41) is 14.7. The van der Waals surface area contributed by atoms with E-state index in [2.05, 4.69) is 43.7 Å². The minimum atomic E-state index is -0.0184. The Bertz CT molecular complexity index is 925. The van der Waals surface area contributed by atoms with Crippen LogP contribution in [0.2, 0.25) is 0 Å². The van der Waals surface area contributed by atoms with Crippen LogP contribution >= 0.6 is 23.1 Å². The fourth-order valence-electron chi connectivity index (χ4n) is 3.17. The molecule has 0 spiro atoms. The Morgan fingerprint density at radius 3 is 2.70 bits per heavy atom. The van der Waals surface area contributed by atoms with Gasteiger partial charge in [0.2, 0.25) is 5.91 Å². The number of nitrogens with zero attached hydrogens (tertiary/aromatic N) is 3. The van der Waals surface area contributed by atoms with E-state index in [1.807, 2.05) is 26.0 Å². The Kier molecular flexibility index (Phi) is 5.31. The maximum Gasteiger partial charge on any atom is 0.234 e. The average Bonchev–Trinajstić information content (AvgIpc) is 3.16. The van der Waals surface area contributed by atoms with E-state index < -0.39 is 0 Å². The number of aryl methyl sites for hydroxylation is 2. The number of carbonyl (C=O) groups is 1. The first-order valence-electron chi connectivity index (χ1n) is 9.05. The first-order valence-corrected chi connectivity index (χ1v) is 10.9. The lowest BCUT2D eigenvalue weighted by Crippen LogP contribution is -2.15. The number of carbonyl (C=O) groups excluding carboxylic acids is 1. The number of nitrogens with one attached hydrogen (secondary N) is 1. The number of rotatable bonds is 7. The minimum absolute atomic E-state index is 0.0184. The Morgan fingerprint density at radius 2 is 2.04 bits per heavy atom. The van der Waals surface area contributed by atoms with Gasteiger partial charge in [-0.2, -0.15) is 0 Å². The highest BCUT2D eigenvalue weighted by molar-refractivity contribution is 7.99. The Morgan fingerprint density at radius 1 is 1.26 bits per heavy atom. The van der Waals surface area contributed by atoms with Crippen molar-refractivity contribution in [1.29, 1.82) is 0 Å². The second kappa shape index (κ2) is 7.86. The molecule has 4 rings (SSSR count). The van der Waals surface area contributed by atoms with Crippen molar-refractivity contribution in [3.63, 3.8) is 0 Å². The minimum Gasteiger partial charge on any atom is -0.325 e. The van der Waals surface area contributed by atoms with Gasteiger partial charge in [0.1, 0.15) is 5.82 Å². The smallest absolute Gasteiger partial charge is 0.234 e. The van der Waals surface area contributed by atoms with Crippen molar-refractivity contribution >= 4 is 34.7 Å². The molecule has 0 saturated heterocycles. The third kappa shape index (κ3) is 4.59. The fourth-order valence-corrected chi connectivity index (χ4v) is 4.69. The normalized spacial score (nSPS) is 13.7. The van der Waals surface area contributed by atoms with Crippen molar-refractivity contribution in [1.82, 2.24) is 14.8 Å². The highest BCUT2D eigenvalue weighted by atomic mass is 32.2. The molecule has 0 radical (unpaired) electrons. The molecule has 2 aromatic heterocycles. The molecule has 0 aliphatic heterocycles. The van der Waals surface area contributed by atoms with Crippen LogP contribution in [0, 0.1) is 13.8 Å². The number of benzene rings is 1. The lowest BCUT2D eigenvalue weighted by atomic mass is 10.1. The highest BCUT2D eigenvalue weighted by Gasteiger charge is 2.29. The van der Waals surface area contributed by atoms with Crippen LogP contribution in [0.3, 0.4) is 0 Å². The van der Waals surface area contributed by atoms with Crippen LogP contribution in [-0.2, 0) is 11.2 Å². The molecule has 1 saturated carbocycles. The van der Waals surface area contributed by atoms with Gasteiger partial charge in [-0.15, -0.1) is 21.5 Å². The van der Waals surface area contributed by atoms with Gasteiger partial charge in [-0.3, -0.25) is 4.79 Å². The maximum atomic E-state index is 12.4. The molecule has 0 bridgehead atoms. The van der Waals surface area contributed by atoms with E-state index in [0.29, 0.717) is 11.8 Å². The summed E-state index contributed by atoms with van der Waals surface area (Å²) in [6.07, 6.45) is 3.13. The number of amides is 1. The van der Waals surface area contributed by atoms with Crippen molar-refractivity contribution in [2.75, 3.05) is 11.1 Å². The zero-order valence-electron chi connectivity index (χ0n) is 15.4. The quantitative estimate of drug-likeness (QED) is 0.590. The van der Waals surface area contributed by atoms with Gasteiger partial charge in [0.05, 0.1) is 5.75 Å². The third-order valence-corrected chi connectivity index (χ3v) is 6.22. The van der Waals surface area contributed by atoms with Crippen LogP contribution in [0.15, 0.2) is 40.9 Å². The van der Waals surface area contributed by atoms with Crippen LogP contribution in [0.25, 0.3) is 0 Å². The van der Waals surface area contributed by atoms with Crippen LogP contribution in [0.4, 0.5) is 5.69 Å². The van der Waals surface area contributed by atoms with E-state index in [1.165, 1.54) is 16.6 Å². The van der Waals surface area contributed by atoms with Crippen molar-refractivity contribution in [2.24, 2.45) is 0 Å². The Balaban J connectivity index is 1.42. The second-order valence-corrected chi connectivity index (χ2v) is 8.94. The van der Waals surface area contributed by atoms with Gasteiger partial charge in [0.25, 0.3) is 0 Å². The van der Waals surface area contributed by atoms with Crippen LogP contribution in [0.1, 0.15) is 40.7 Å². The molecule has 1 N–H and O–H groups in total. The summed E-state index contributed by atoms with van der Waals surface area (Å²) in [5.74, 6) is 1.31. The molecule has 1 aliphatic rings. The monoisotopic (exact) mass is 398 g/mol. The summed E-state index contributed by atoms with van der Waals surface area (Å²) in [5.41, 5.74) is 3.13. The second-order valence-electron chi connectivity index (χ2n) is 6.97. The van der Waals surface area contributed by atoms with Crippen molar-refractivity contribution < 1.29 is 4.79 Å². The summed E-state index contributed by atoms with van der Waals surface area (Å²) in [4.78, 5) is 13.7. The zero-order valence-corrected chi connectivity index (χ0v) is 17.1. The molecule has 27 heavy (non-hydrogen) atoms. The number of thiophene rings is 1. The molecule has 7 heteroatoms. The van der Waals surface area contributed by atoms with Crippen molar-refractivity contribution in [3.05, 3.63) is 57.5 Å². The average molecular weight is 399 g/mol.